The molecule has 0 aliphatic rings. The number of halogens is 1. The Morgan fingerprint density at radius 2 is 1.71 bits per heavy atom. The van der Waals surface area contributed by atoms with Crippen molar-refractivity contribution in [2.45, 2.75) is 19.0 Å². The Kier molecular flexibility index (Phi) is 12.2. The quantitative estimate of drug-likeness (QED) is 0.603. The molecule has 7 heteroatoms. The Balaban J connectivity index is 0.00000529. The van der Waals surface area contributed by atoms with Crippen molar-refractivity contribution in [3.05, 3.63) is 42.0 Å². The third-order valence-electron chi connectivity index (χ3n) is 3.96. The van der Waals surface area contributed by atoms with Crippen molar-refractivity contribution >= 4 is 27.3 Å². The van der Waals surface area contributed by atoms with Gasteiger partial charge in [-0.25, -0.2) is 0 Å². The highest BCUT2D eigenvalue weighted by molar-refractivity contribution is 6.62. The summed E-state index contributed by atoms with van der Waals surface area (Å²) < 4.78 is 17.0. The van der Waals surface area contributed by atoms with E-state index in [4.69, 9.17) is 19.0 Å². The number of hydrogen-bond donors (Lipinski definition) is 1. The second-order valence-electron chi connectivity index (χ2n) is 5.24. The van der Waals surface area contributed by atoms with Crippen LogP contribution in [0.25, 0.3) is 6.08 Å². The molecule has 24 heavy (non-hydrogen) atoms. The summed E-state index contributed by atoms with van der Waals surface area (Å²) in [5.41, 5.74) is 7.06. The van der Waals surface area contributed by atoms with Gasteiger partial charge in [0.05, 0.1) is 5.67 Å². The Morgan fingerprint density at radius 1 is 1.12 bits per heavy atom. The van der Waals surface area contributed by atoms with Crippen LogP contribution in [-0.4, -0.2) is 60.3 Å². The van der Waals surface area contributed by atoms with Gasteiger partial charge in [0.25, 0.3) is 0 Å². The van der Waals surface area contributed by atoms with E-state index in [1.54, 1.807) is 21.3 Å². The minimum Gasteiger partial charge on any atom is -0.376 e. The summed E-state index contributed by atoms with van der Waals surface area (Å²) in [7, 11) is 2.23. The van der Waals surface area contributed by atoms with Gasteiger partial charge in [0.1, 0.15) is 0 Å². The monoisotopic (exact) mass is 374 g/mol. The molecule has 1 atom stereocenters. The minimum atomic E-state index is -2.74. The first-order valence-electron chi connectivity index (χ1n) is 7.98. The van der Waals surface area contributed by atoms with E-state index in [2.05, 4.69) is 36.1 Å². The standard InChI is InChI=1S/C17H30N2O3Si.ClH/c1-5-17(23(20-2,21-3)22-4)19(15-13-18)14-9-12-16-10-7-6-8-11-16;/h6-12,17H,5,13-15,18H2,1-4H3;1H. The molecular formula is C17H31ClN2O3Si. The zero-order chi connectivity index (χ0) is 17.1. The first-order chi connectivity index (χ1) is 11.2. The van der Waals surface area contributed by atoms with Crippen molar-refractivity contribution in [3.63, 3.8) is 0 Å². The van der Waals surface area contributed by atoms with E-state index in [0.29, 0.717) is 6.54 Å². The van der Waals surface area contributed by atoms with Gasteiger partial charge in [-0.1, -0.05) is 49.4 Å². The molecule has 0 saturated carbocycles. The summed E-state index contributed by atoms with van der Waals surface area (Å²) in [6, 6.07) is 10.2. The summed E-state index contributed by atoms with van der Waals surface area (Å²) >= 11 is 0. The highest BCUT2D eigenvalue weighted by Gasteiger charge is 2.48. The molecule has 0 aliphatic carbocycles. The highest BCUT2D eigenvalue weighted by atomic mass is 35.5. The number of nitrogens with two attached hydrogens (primary N) is 1. The van der Waals surface area contributed by atoms with Crippen LogP contribution in [0, 0.1) is 0 Å². The van der Waals surface area contributed by atoms with Gasteiger partial charge in [0.15, 0.2) is 0 Å². The lowest BCUT2D eigenvalue weighted by Gasteiger charge is -2.38. The van der Waals surface area contributed by atoms with E-state index in [0.717, 1.165) is 19.5 Å². The van der Waals surface area contributed by atoms with Gasteiger partial charge in [-0.3, -0.25) is 4.90 Å². The van der Waals surface area contributed by atoms with Crippen LogP contribution in [0.15, 0.2) is 36.4 Å². The Labute approximate surface area is 153 Å². The maximum Gasteiger partial charge on any atom is 0.518 e. The van der Waals surface area contributed by atoms with E-state index in [9.17, 15) is 0 Å². The predicted octanol–water partition coefficient (Wildman–Crippen LogP) is 2.58. The minimum absolute atomic E-state index is 0. The summed E-state index contributed by atoms with van der Waals surface area (Å²) in [4.78, 5) is 2.28. The summed E-state index contributed by atoms with van der Waals surface area (Å²) in [5.74, 6) is 0. The van der Waals surface area contributed by atoms with Crippen LogP contribution in [-0.2, 0) is 13.3 Å². The van der Waals surface area contributed by atoms with Crippen molar-refractivity contribution < 1.29 is 13.3 Å². The topological polar surface area (TPSA) is 57.0 Å². The molecule has 0 bridgehead atoms. The van der Waals surface area contributed by atoms with Gasteiger partial charge in [-0.2, -0.15) is 0 Å². The lowest BCUT2D eigenvalue weighted by Crippen LogP contribution is -2.62. The third kappa shape index (κ3) is 6.29. The average Bonchev–Trinajstić information content (AvgIpc) is 2.60. The normalized spacial score (nSPS) is 13.2. The Bertz CT molecular complexity index is 450. The van der Waals surface area contributed by atoms with Crippen LogP contribution in [0.5, 0.6) is 0 Å². The van der Waals surface area contributed by atoms with Crippen molar-refractivity contribution in [3.8, 4) is 0 Å². The van der Waals surface area contributed by atoms with Gasteiger partial charge < -0.3 is 19.0 Å². The molecule has 1 unspecified atom stereocenters. The molecule has 0 heterocycles. The fourth-order valence-electron chi connectivity index (χ4n) is 2.82. The number of hydrogen-bond acceptors (Lipinski definition) is 5. The number of nitrogens with zero attached hydrogens (tertiary/aromatic N) is 1. The molecule has 2 N–H and O–H groups in total. The SMILES string of the molecule is CCC(N(CC=Cc1ccccc1)CCN)[Si](OC)(OC)OC.Cl. The highest BCUT2D eigenvalue weighted by Crippen LogP contribution is 2.20. The maximum absolute atomic E-state index is 5.80. The molecular weight excluding hydrogens is 344 g/mol. The molecule has 0 saturated heterocycles. The second kappa shape index (κ2) is 12.6. The van der Waals surface area contributed by atoms with Crippen LogP contribution >= 0.6 is 12.4 Å². The molecule has 0 aliphatic heterocycles. The number of rotatable bonds is 11. The third-order valence-corrected chi connectivity index (χ3v) is 7.25. The van der Waals surface area contributed by atoms with Crippen molar-refractivity contribution in [1.29, 1.82) is 0 Å². The molecule has 0 spiro atoms. The fourth-order valence-corrected chi connectivity index (χ4v) is 5.32. The lowest BCUT2D eigenvalue weighted by atomic mass is 10.2. The molecule has 0 aromatic heterocycles. The van der Waals surface area contributed by atoms with Crippen LogP contribution in [0.2, 0.25) is 0 Å². The summed E-state index contributed by atoms with van der Waals surface area (Å²) in [6.45, 7) is 4.24. The van der Waals surface area contributed by atoms with Gasteiger partial charge in [0.2, 0.25) is 0 Å². The first-order valence-corrected chi connectivity index (χ1v) is 9.78. The summed E-state index contributed by atoms with van der Waals surface area (Å²) in [6.07, 6.45) is 5.14. The van der Waals surface area contributed by atoms with Crippen molar-refractivity contribution in [2.24, 2.45) is 5.73 Å². The Hall–Kier alpha value is -0.733. The van der Waals surface area contributed by atoms with E-state index in [1.165, 1.54) is 5.56 Å². The van der Waals surface area contributed by atoms with Gasteiger partial charge >= 0.3 is 8.80 Å². The van der Waals surface area contributed by atoms with Crippen molar-refractivity contribution in [1.82, 2.24) is 4.90 Å². The fraction of sp³-hybridized carbons (Fsp3) is 0.529. The molecule has 1 rings (SSSR count). The first kappa shape index (κ1) is 23.3. The van der Waals surface area contributed by atoms with Gasteiger partial charge in [-0.15, -0.1) is 12.4 Å². The largest absolute Gasteiger partial charge is 0.518 e. The second-order valence-corrected chi connectivity index (χ2v) is 8.33. The van der Waals surface area contributed by atoms with Crippen LogP contribution in [0.4, 0.5) is 0 Å². The van der Waals surface area contributed by atoms with Crippen molar-refractivity contribution in [2.75, 3.05) is 41.0 Å². The van der Waals surface area contributed by atoms with Gasteiger partial charge in [-0.05, 0) is 12.0 Å². The lowest BCUT2D eigenvalue weighted by molar-refractivity contribution is 0.0768. The van der Waals surface area contributed by atoms with E-state index in [1.807, 2.05) is 18.2 Å². The average molecular weight is 375 g/mol. The number of benzene rings is 1. The molecule has 0 radical (unpaired) electrons. The van der Waals surface area contributed by atoms with Crippen LogP contribution in [0.1, 0.15) is 18.9 Å². The molecule has 1 aromatic rings. The zero-order valence-corrected chi connectivity index (χ0v) is 16.9. The Morgan fingerprint density at radius 3 is 2.17 bits per heavy atom. The summed E-state index contributed by atoms with van der Waals surface area (Å²) in [5, 5.41) is 0. The maximum atomic E-state index is 5.80. The molecule has 0 amide bonds. The van der Waals surface area contributed by atoms with E-state index < -0.39 is 8.80 Å². The molecule has 5 nitrogen and oxygen atoms in total. The zero-order valence-electron chi connectivity index (χ0n) is 15.1. The molecule has 138 valence electrons. The molecule has 1 aromatic carbocycles. The predicted molar refractivity (Wildman–Crippen MR) is 104 cm³/mol. The van der Waals surface area contributed by atoms with Crippen LogP contribution in [0.3, 0.4) is 0 Å². The smallest absolute Gasteiger partial charge is 0.376 e. The molecule has 0 fully saturated rings. The van der Waals surface area contributed by atoms with E-state index in [-0.39, 0.29) is 18.1 Å². The van der Waals surface area contributed by atoms with Crippen LogP contribution < -0.4 is 5.73 Å². The van der Waals surface area contributed by atoms with Gasteiger partial charge in [0, 0.05) is 41.0 Å². The van der Waals surface area contributed by atoms with E-state index >= 15 is 0 Å².